The van der Waals surface area contributed by atoms with E-state index in [-0.39, 0.29) is 16.2 Å². The van der Waals surface area contributed by atoms with Gasteiger partial charge in [0.25, 0.3) is 10.0 Å². The van der Waals surface area contributed by atoms with Gasteiger partial charge in [-0.15, -0.1) is 11.3 Å². The van der Waals surface area contributed by atoms with E-state index in [0.29, 0.717) is 17.7 Å². The van der Waals surface area contributed by atoms with Crippen molar-refractivity contribution < 1.29 is 26.4 Å². The van der Waals surface area contributed by atoms with E-state index in [1.165, 1.54) is 29.0 Å². The van der Waals surface area contributed by atoms with Crippen molar-refractivity contribution in [2.24, 2.45) is 0 Å². The monoisotopic (exact) mass is 505 g/mol. The van der Waals surface area contributed by atoms with Crippen LogP contribution in [-0.4, -0.2) is 23.6 Å². The van der Waals surface area contributed by atoms with Crippen LogP contribution >= 0.6 is 11.3 Å². The fraction of sp³-hybridized carbons (Fsp3) is 0.273. The minimum atomic E-state index is -4.32. The number of nitrogens with zero attached hydrogens (tertiary/aromatic N) is 2. The maximum atomic E-state index is 15.1. The number of oxazole rings is 1. The number of hydrogen-bond donors (Lipinski definition) is 1. The molecule has 1 saturated carbocycles. The molecule has 1 aliphatic heterocycles. The van der Waals surface area contributed by atoms with E-state index in [4.69, 9.17) is 9.15 Å². The molecule has 0 saturated heterocycles. The Morgan fingerprint density at radius 1 is 1.21 bits per heavy atom. The van der Waals surface area contributed by atoms with Crippen molar-refractivity contribution in [3.63, 3.8) is 0 Å². The number of benzene rings is 2. The zero-order valence-corrected chi connectivity index (χ0v) is 19.1. The van der Waals surface area contributed by atoms with Crippen LogP contribution in [0.15, 0.2) is 56.0 Å². The summed E-state index contributed by atoms with van der Waals surface area (Å²) in [6.07, 6.45) is 4.32. The highest BCUT2D eigenvalue weighted by molar-refractivity contribution is 7.93. The molecule has 1 fully saturated rings. The summed E-state index contributed by atoms with van der Waals surface area (Å²) in [6, 6.07) is 5.38. The van der Waals surface area contributed by atoms with Crippen LogP contribution in [0.1, 0.15) is 37.3 Å². The largest absolute Gasteiger partial charge is 0.487 e. The number of anilines is 1. The second-order valence-corrected chi connectivity index (χ2v) is 11.0. The molecule has 1 aliphatic carbocycles. The molecule has 0 amide bonds. The highest BCUT2D eigenvalue weighted by Crippen LogP contribution is 2.50. The fourth-order valence-corrected chi connectivity index (χ4v) is 6.56. The van der Waals surface area contributed by atoms with E-state index in [9.17, 15) is 17.6 Å². The molecule has 176 valence electrons. The molecule has 12 heteroatoms. The van der Waals surface area contributed by atoms with Gasteiger partial charge >= 0.3 is 5.76 Å². The van der Waals surface area contributed by atoms with Gasteiger partial charge in [0.05, 0.1) is 11.6 Å². The van der Waals surface area contributed by atoms with Crippen molar-refractivity contribution in [1.82, 2.24) is 9.55 Å². The fourth-order valence-electron chi connectivity index (χ4n) is 4.70. The summed E-state index contributed by atoms with van der Waals surface area (Å²) in [5.41, 5.74) is -0.0620. The number of hydrogen-bond acceptors (Lipinski definition) is 7. The Labute approximate surface area is 195 Å². The van der Waals surface area contributed by atoms with Gasteiger partial charge < -0.3 is 9.15 Å². The molecule has 6 rings (SSSR count). The van der Waals surface area contributed by atoms with Gasteiger partial charge in [0.15, 0.2) is 10.7 Å². The molecule has 0 radical (unpaired) electrons. The van der Waals surface area contributed by atoms with E-state index in [2.05, 4.69) is 9.71 Å². The first-order valence-electron chi connectivity index (χ1n) is 10.5. The minimum absolute atomic E-state index is 0.0742. The van der Waals surface area contributed by atoms with Crippen LogP contribution in [0.4, 0.5) is 13.9 Å². The van der Waals surface area contributed by atoms with Gasteiger partial charge in [-0.1, -0.05) is 0 Å². The molecule has 8 nitrogen and oxygen atoms in total. The van der Waals surface area contributed by atoms with Crippen LogP contribution < -0.4 is 15.2 Å². The van der Waals surface area contributed by atoms with Gasteiger partial charge in [-0.3, -0.25) is 9.29 Å². The van der Waals surface area contributed by atoms with Crippen molar-refractivity contribution in [2.45, 2.75) is 42.2 Å². The van der Waals surface area contributed by atoms with E-state index in [0.717, 1.165) is 42.7 Å². The quantitative estimate of drug-likeness (QED) is 0.440. The summed E-state index contributed by atoms with van der Waals surface area (Å²) in [7, 11) is -4.32. The molecule has 4 aromatic rings. The van der Waals surface area contributed by atoms with Gasteiger partial charge in [0, 0.05) is 35.7 Å². The third kappa shape index (κ3) is 3.31. The summed E-state index contributed by atoms with van der Waals surface area (Å²) in [6.45, 7) is 0. The molecule has 3 heterocycles. The summed E-state index contributed by atoms with van der Waals surface area (Å²) in [5.74, 6) is -1.89. The molecule has 2 aromatic heterocycles. The molecule has 1 atom stereocenters. The zero-order chi connectivity index (χ0) is 23.7. The Morgan fingerprint density at radius 3 is 2.74 bits per heavy atom. The Kier molecular flexibility index (Phi) is 4.62. The molecular formula is C22H17F2N3O5S2. The van der Waals surface area contributed by atoms with Gasteiger partial charge in [0.2, 0.25) is 0 Å². The molecule has 1 N–H and O–H groups in total. The number of halogens is 2. The highest BCUT2D eigenvalue weighted by Gasteiger charge is 2.47. The van der Waals surface area contributed by atoms with Crippen molar-refractivity contribution in [3.05, 3.63) is 69.7 Å². The van der Waals surface area contributed by atoms with Crippen LogP contribution in [-0.2, 0) is 10.0 Å². The van der Waals surface area contributed by atoms with Gasteiger partial charge in [0.1, 0.15) is 27.9 Å². The second-order valence-electron chi connectivity index (χ2n) is 8.47. The molecule has 34 heavy (non-hydrogen) atoms. The third-order valence-electron chi connectivity index (χ3n) is 6.41. The smallest absolute Gasteiger partial charge is 0.420 e. The van der Waals surface area contributed by atoms with Gasteiger partial charge in [-0.05, 0) is 37.5 Å². The van der Waals surface area contributed by atoms with E-state index in [1.54, 1.807) is 5.38 Å². The van der Waals surface area contributed by atoms with Crippen molar-refractivity contribution >= 4 is 37.6 Å². The number of thiazole rings is 1. The van der Waals surface area contributed by atoms with Gasteiger partial charge in [-0.2, -0.15) is 0 Å². The maximum Gasteiger partial charge on any atom is 0.420 e. The Morgan fingerprint density at radius 2 is 2.03 bits per heavy atom. The number of aromatic nitrogens is 2. The maximum absolute atomic E-state index is 15.1. The Balaban J connectivity index is 1.49. The molecule has 1 unspecified atom stereocenters. The average Bonchev–Trinajstić information content (AvgIpc) is 3.37. The number of sulfonamides is 1. The first-order valence-corrected chi connectivity index (χ1v) is 12.9. The van der Waals surface area contributed by atoms with Crippen molar-refractivity contribution in [3.8, 4) is 5.75 Å². The molecular weight excluding hydrogens is 488 g/mol. The highest BCUT2D eigenvalue weighted by atomic mass is 32.2. The van der Waals surface area contributed by atoms with E-state index < -0.39 is 44.0 Å². The predicted octanol–water partition coefficient (Wildman–Crippen LogP) is 4.42. The Hall–Kier alpha value is -3.25. The summed E-state index contributed by atoms with van der Waals surface area (Å²) in [4.78, 5) is 16.1. The summed E-state index contributed by atoms with van der Waals surface area (Å²) < 4.78 is 69.6. The lowest BCUT2D eigenvalue weighted by atomic mass is 9.73. The summed E-state index contributed by atoms with van der Waals surface area (Å²) in [5, 5.41) is 1.64. The molecule has 1 spiro atoms. The predicted molar refractivity (Wildman–Crippen MR) is 120 cm³/mol. The third-order valence-corrected chi connectivity index (χ3v) is 8.58. The number of nitrogens with one attached hydrogen (secondary N) is 1. The number of ether oxygens (including phenoxy) is 1. The van der Waals surface area contributed by atoms with Crippen molar-refractivity contribution in [2.75, 3.05) is 4.72 Å². The van der Waals surface area contributed by atoms with Crippen molar-refractivity contribution in [1.29, 1.82) is 0 Å². The lowest BCUT2D eigenvalue weighted by Crippen LogP contribution is -2.48. The number of rotatable bonds is 4. The SMILES string of the molecule is O=c1oc2cc(S(=O)(=O)Nc3nccs3)c(F)cc2n1C1CC2(CCC2)Oc2ccc(F)cc21. The minimum Gasteiger partial charge on any atom is -0.487 e. The van der Waals surface area contributed by atoms with Crippen LogP contribution in [0.3, 0.4) is 0 Å². The Bertz CT molecular complexity index is 1590. The first kappa shape index (κ1) is 21.3. The van der Waals surface area contributed by atoms with E-state index in [1.807, 2.05) is 0 Å². The van der Waals surface area contributed by atoms with Crippen LogP contribution in [0.25, 0.3) is 11.1 Å². The van der Waals surface area contributed by atoms with Crippen LogP contribution in [0.5, 0.6) is 5.75 Å². The molecule has 2 aliphatic rings. The molecule has 0 bridgehead atoms. The second kappa shape index (κ2) is 7.37. The molecule has 2 aromatic carbocycles. The lowest BCUT2D eigenvalue weighted by molar-refractivity contribution is -0.0367. The zero-order valence-electron chi connectivity index (χ0n) is 17.5. The van der Waals surface area contributed by atoms with E-state index >= 15 is 4.39 Å². The van der Waals surface area contributed by atoms with Crippen LogP contribution in [0.2, 0.25) is 0 Å². The normalized spacial score (nSPS) is 18.9. The number of fused-ring (bicyclic) bond motifs is 2. The summed E-state index contributed by atoms with van der Waals surface area (Å²) >= 11 is 1.04. The van der Waals surface area contributed by atoms with Crippen LogP contribution in [0, 0.1) is 11.6 Å². The topological polar surface area (TPSA) is 103 Å². The van der Waals surface area contributed by atoms with Gasteiger partial charge in [-0.25, -0.2) is 27.0 Å². The average molecular weight is 506 g/mol. The standard InChI is InChI=1S/C22H17F2N3O5S2/c23-12-2-3-17-13(8-12)16(11-22(32-17)4-1-5-22)27-15-9-14(24)19(10-18(15)31-21(27)28)34(29,30)26-20-25-6-7-33-20/h2-3,6-10,16H,1,4-5,11H2,(H,25,26). The first-order chi connectivity index (χ1) is 16.2. The lowest BCUT2D eigenvalue weighted by Gasteiger charge is -2.48.